The van der Waals surface area contributed by atoms with Crippen molar-refractivity contribution < 1.29 is 14.3 Å². The van der Waals surface area contributed by atoms with Crippen LogP contribution in [0.2, 0.25) is 0 Å². The number of carbonyl (C=O) groups excluding carboxylic acids is 2. The molecule has 2 saturated carbocycles. The molecule has 0 bridgehead atoms. The summed E-state index contributed by atoms with van der Waals surface area (Å²) in [6, 6.07) is 0. The molecule has 0 spiro atoms. The first-order valence-electron chi connectivity index (χ1n) is 5.86. The van der Waals surface area contributed by atoms with Gasteiger partial charge < -0.3 is 4.74 Å². The van der Waals surface area contributed by atoms with Crippen LogP contribution in [0.15, 0.2) is 0 Å². The topological polar surface area (TPSA) is 43.4 Å². The number of ether oxygens (including phenoxy) is 1. The molecule has 2 fully saturated rings. The fraction of sp³-hybridized carbons (Fsp3) is 0.833. The summed E-state index contributed by atoms with van der Waals surface area (Å²) in [7, 11) is 0. The molecule has 0 aromatic rings. The standard InChI is InChI=1S/C12H18O3/c1-8(13)15-12-7-10-5-3-2-4-9(10)6-11(12)14/h9-10,12H,2-7H2,1H3/t9-,10-,12+/m1/s1. The Morgan fingerprint density at radius 3 is 2.60 bits per heavy atom. The zero-order valence-electron chi connectivity index (χ0n) is 9.20. The highest BCUT2D eigenvalue weighted by Gasteiger charge is 2.38. The molecular weight excluding hydrogens is 192 g/mol. The number of hydrogen-bond acceptors (Lipinski definition) is 3. The molecule has 0 aromatic heterocycles. The van der Waals surface area contributed by atoms with Gasteiger partial charge in [-0.15, -0.1) is 0 Å². The van der Waals surface area contributed by atoms with Crippen molar-refractivity contribution in [3.8, 4) is 0 Å². The summed E-state index contributed by atoms with van der Waals surface area (Å²) in [5.41, 5.74) is 0. The zero-order valence-corrected chi connectivity index (χ0v) is 9.20. The van der Waals surface area contributed by atoms with E-state index in [1.54, 1.807) is 0 Å². The van der Waals surface area contributed by atoms with Gasteiger partial charge in [0.25, 0.3) is 0 Å². The summed E-state index contributed by atoms with van der Waals surface area (Å²) < 4.78 is 5.06. The largest absolute Gasteiger partial charge is 0.455 e. The Morgan fingerprint density at radius 2 is 1.93 bits per heavy atom. The van der Waals surface area contributed by atoms with Gasteiger partial charge in [-0.05, 0) is 24.7 Å². The fourth-order valence-electron chi connectivity index (χ4n) is 2.97. The molecule has 0 aromatic carbocycles. The van der Waals surface area contributed by atoms with Crippen LogP contribution in [0.3, 0.4) is 0 Å². The number of hydrogen-bond donors (Lipinski definition) is 0. The molecule has 0 unspecified atom stereocenters. The lowest BCUT2D eigenvalue weighted by molar-refractivity contribution is -0.157. The molecule has 3 nitrogen and oxygen atoms in total. The van der Waals surface area contributed by atoms with Crippen molar-refractivity contribution in [1.82, 2.24) is 0 Å². The molecule has 15 heavy (non-hydrogen) atoms. The van der Waals surface area contributed by atoms with Crippen LogP contribution in [-0.2, 0) is 14.3 Å². The molecule has 3 atom stereocenters. The van der Waals surface area contributed by atoms with E-state index >= 15 is 0 Å². The van der Waals surface area contributed by atoms with Crippen LogP contribution in [0.1, 0.15) is 45.4 Å². The van der Waals surface area contributed by atoms with E-state index in [2.05, 4.69) is 0 Å². The minimum absolute atomic E-state index is 0.133. The smallest absolute Gasteiger partial charge is 0.303 e. The molecule has 0 N–H and O–H groups in total. The summed E-state index contributed by atoms with van der Waals surface area (Å²) in [5.74, 6) is 0.981. The quantitative estimate of drug-likeness (QED) is 0.622. The van der Waals surface area contributed by atoms with E-state index in [9.17, 15) is 9.59 Å². The van der Waals surface area contributed by atoms with E-state index in [0.29, 0.717) is 18.3 Å². The zero-order chi connectivity index (χ0) is 10.8. The van der Waals surface area contributed by atoms with Crippen molar-refractivity contribution in [2.75, 3.05) is 0 Å². The molecule has 0 amide bonds. The predicted molar refractivity (Wildman–Crippen MR) is 55.2 cm³/mol. The average molecular weight is 210 g/mol. The van der Waals surface area contributed by atoms with Crippen molar-refractivity contribution in [2.45, 2.75) is 51.6 Å². The van der Waals surface area contributed by atoms with E-state index in [1.165, 1.54) is 32.6 Å². The van der Waals surface area contributed by atoms with Gasteiger partial charge >= 0.3 is 5.97 Å². The first kappa shape index (κ1) is 10.7. The minimum Gasteiger partial charge on any atom is -0.455 e. The second kappa shape index (κ2) is 4.33. The Balaban J connectivity index is 1.98. The Morgan fingerprint density at radius 1 is 1.27 bits per heavy atom. The van der Waals surface area contributed by atoms with Gasteiger partial charge in [0.1, 0.15) is 0 Å². The lowest BCUT2D eigenvalue weighted by Gasteiger charge is -2.37. The first-order chi connectivity index (χ1) is 7.16. The van der Waals surface area contributed by atoms with Gasteiger partial charge in [-0.3, -0.25) is 9.59 Å². The van der Waals surface area contributed by atoms with E-state index in [4.69, 9.17) is 4.74 Å². The second-order valence-electron chi connectivity index (χ2n) is 4.81. The lowest BCUT2D eigenvalue weighted by atomic mass is 9.69. The molecule has 0 aliphatic heterocycles. The average Bonchev–Trinajstić information content (AvgIpc) is 2.18. The molecule has 3 heteroatoms. The Kier molecular flexibility index (Phi) is 3.08. The van der Waals surface area contributed by atoms with Gasteiger partial charge in [0, 0.05) is 13.3 Å². The number of Topliss-reactive ketones (excluding diaryl/α,β-unsaturated/α-hetero) is 1. The molecule has 0 radical (unpaired) electrons. The lowest BCUT2D eigenvalue weighted by Crippen LogP contribution is -2.39. The molecule has 84 valence electrons. The third-order valence-electron chi connectivity index (χ3n) is 3.71. The van der Waals surface area contributed by atoms with Gasteiger partial charge in [0.2, 0.25) is 0 Å². The van der Waals surface area contributed by atoms with E-state index < -0.39 is 6.10 Å². The summed E-state index contributed by atoms with van der Waals surface area (Å²) in [6.07, 6.45) is 5.86. The summed E-state index contributed by atoms with van der Waals surface area (Å²) >= 11 is 0. The first-order valence-corrected chi connectivity index (χ1v) is 5.86. The highest BCUT2D eigenvalue weighted by atomic mass is 16.5. The van der Waals surface area contributed by atoms with Crippen molar-refractivity contribution in [3.63, 3.8) is 0 Å². The highest BCUT2D eigenvalue weighted by molar-refractivity contribution is 5.86. The van der Waals surface area contributed by atoms with Crippen molar-refractivity contribution in [1.29, 1.82) is 0 Å². The van der Waals surface area contributed by atoms with Crippen LogP contribution >= 0.6 is 0 Å². The maximum atomic E-state index is 11.7. The normalized spacial score (nSPS) is 35.8. The summed E-state index contributed by atoms with van der Waals surface area (Å²) in [6.45, 7) is 1.38. The molecule has 2 rings (SSSR count). The Labute approximate surface area is 90.2 Å². The third-order valence-corrected chi connectivity index (χ3v) is 3.71. The van der Waals surface area contributed by atoms with Gasteiger partial charge in [-0.2, -0.15) is 0 Å². The maximum absolute atomic E-state index is 11.7. The highest BCUT2D eigenvalue weighted by Crippen LogP contribution is 2.39. The van der Waals surface area contributed by atoms with E-state index in [0.717, 1.165) is 6.42 Å². The Hall–Kier alpha value is -0.860. The maximum Gasteiger partial charge on any atom is 0.303 e. The molecule has 2 aliphatic rings. The monoisotopic (exact) mass is 210 g/mol. The minimum atomic E-state index is -0.443. The van der Waals surface area contributed by atoms with Crippen LogP contribution < -0.4 is 0 Å². The van der Waals surface area contributed by atoms with Crippen LogP contribution in [0.5, 0.6) is 0 Å². The molecule has 0 heterocycles. The fourth-order valence-corrected chi connectivity index (χ4v) is 2.97. The van der Waals surface area contributed by atoms with Crippen LogP contribution in [-0.4, -0.2) is 17.9 Å². The third kappa shape index (κ3) is 2.39. The number of rotatable bonds is 1. The van der Waals surface area contributed by atoms with Crippen LogP contribution in [0, 0.1) is 11.8 Å². The summed E-state index contributed by atoms with van der Waals surface area (Å²) in [5, 5.41) is 0. The van der Waals surface area contributed by atoms with Crippen LogP contribution in [0.4, 0.5) is 0 Å². The number of esters is 1. The summed E-state index contributed by atoms with van der Waals surface area (Å²) in [4.78, 5) is 22.6. The number of ketones is 1. The van der Waals surface area contributed by atoms with E-state index in [1.807, 2.05) is 0 Å². The predicted octanol–water partition coefficient (Wildman–Crippen LogP) is 2.09. The molecule has 0 saturated heterocycles. The van der Waals surface area contributed by atoms with Crippen molar-refractivity contribution in [3.05, 3.63) is 0 Å². The van der Waals surface area contributed by atoms with Gasteiger partial charge in [0.15, 0.2) is 11.9 Å². The van der Waals surface area contributed by atoms with Gasteiger partial charge in [0.05, 0.1) is 0 Å². The second-order valence-corrected chi connectivity index (χ2v) is 4.81. The Bertz CT molecular complexity index is 272. The van der Waals surface area contributed by atoms with Crippen molar-refractivity contribution in [2.24, 2.45) is 11.8 Å². The van der Waals surface area contributed by atoms with Crippen molar-refractivity contribution >= 4 is 11.8 Å². The molecule has 2 aliphatic carbocycles. The van der Waals surface area contributed by atoms with Gasteiger partial charge in [-0.1, -0.05) is 19.3 Å². The SMILES string of the molecule is CC(=O)O[C@H]1C[C@H]2CCCC[C@@H]2CC1=O. The van der Waals surface area contributed by atoms with Gasteiger partial charge in [-0.25, -0.2) is 0 Å². The molecular formula is C12H18O3. The van der Waals surface area contributed by atoms with E-state index in [-0.39, 0.29) is 11.8 Å². The van der Waals surface area contributed by atoms with Crippen LogP contribution in [0.25, 0.3) is 0 Å². The number of carbonyl (C=O) groups is 2. The number of fused-ring (bicyclic) bond motifs is 1.